The molecule has 0 aliphatic carbocycles. The first-order valence-corrected chi connectivity index (χ1v) is 7.12. The van der Waals surface area contributed by atoms with Crippen molar-refractivity contribution in [2.45, 2.75) is 19.8 Å². The lowest BCUT2D eigenvalue weighted by molar-refractivity contribution is 0.640. The van der Waals surface area contributed by atoms with Crippen molar-refractivity contribution >= 4 is 16.6 Å². The van der Waals surface area contributed by atoms with Gasteiger partial charge in [-0.05, 0) is 23.9 Å². The van der Waals surface area contributed by atoms with Gasteiger partial charge in [-0.3, -0.25) is 4.68 Å². The maximum Gasteiger partial charge on any atom is 0.131 e. The van der Waals surface area contributed by atoms with E-state index in [1.807, 2.05) is 25.2 Å². The van der Waals surface area contributed by atoms with Gasteiger partial charge in [-0.1, -0.05) is 37.6 Å². The summed E-state index contributed by atoms with van der Waals surface area (Å²) >= 11 is 0. The molecular formula is C17H18FN3. The average Bonchev–Trinajstić information content (AvgIpc) is 2.77. The number of anilines is 1. The van der Waals surface area contributed by atoms with Crippen molar-refractivity contribution in [3.05, 3.63) is 47.8 Å². The molecule has 0 amide bonds. The summed E-state index contributed by atoms with van der Waals surface area (Å²) in [5.41, 5.74) is 8.95. The molecule has 0 fully saturated rings. The van der Waals surface area contributed by atoms with Gasteiger partial charge in [-0.2, -0.15) is 5.10 Å². The van der Waals surface area contributed by atoms with Gasteiger partial charge in [0, 0.05) is 23.6 Å². The number of fused-ring (bicyclic) bond motifs is 1. The number of nitrogens with zero attached hydrogens (tertiary/aromatic N) is 2. The van der Waals surface area contributed by atoms with Gasteiger partial charge in [-0.25, -0.2) is 4.39 Å². The largest absolute Gasteiger partial charge is 0.384 e. The Morgan fingerprint density at radius 1 is 1.14 bits per heavy atom. The van der Waals surface area contributed by atoms with Gasteiger partial charge in [0.1, 0.15) is 11.6 Å². The van der Waals surface area contributed by atoms with Crippen LogP contribution in [0.4, 0.5) is 10.2 Å². The third kappa shape index (κ3) is 2.17. The lowest BCUT2D eigenvalue weighted by atomic mass is 9.98. The zero-order chi connectivity index (χ0) is 15.0. The van der Waals surface area contributed by atoms with Crippen molar-refractivity contribution in [3.8, 4) is 11.3 Å². The second-order valence-electron chi connectivity index (χ2n) is 5.23. The summed E-state index contributed by atoms with van der Waals surface area (Å²) < 4.78 is 15.7. The quantitative estimate of drug-likeness (QED) is 0.792. The third-order valence-corrected chi connectivity index (χ3v) is 3.82. The predicted octanol–water partition coefficient (Wildman–Crippen LogP) is 3.91. The molecule has 108 valence electrons. The molecule has 21 heavy (non-hydrogen) atoms. The van der Waals surface area contributed by atoms with E-state index in [1.54, 1.807) is 16.8 Å². The minimum absolute atomic E-state index is 0.213. The van der Waals surface area contributed by atoms with E-state index >= 15 is 0 Å². The van der Waals surface area contributed by atoms with E-state index in [1.165, 1.54) is 6.07 Å². The summed E-state index contributed by atoms with van der Waals surface area (Å²) in [4.78, 5) is 0. The Bertz CT molecular complexity index is 805. The highest BCUT2D eigenvalue weighted by atomic mass is 19.1. The fourth-order valence-corrected chi connectivity index (χ4v) is 2.76. The lowest BCUT2D eigenvalue weighted by Gasteiger charge is -2.07. The van der Waals surface area contributed by atoms with Crippen molar-refractivity contribution in [1.29, 1.82) is 0 Å². The first-order chi connectivity index (χ1) is 10.1. The number of aryl methyl sites for hydroxylation is 1. The number of rotatable bonds is 3. The molecule has 0 saturated carbocycles. The van der Waals surface area contributed by atoms with Gasteiger partial charge in [0.05, 0.1) is 5.69 Å². The summed E-state index contributed by atoms with van der Waals surface area (Å²) in [7, 11) is 1.84. The molecule has 0 aliphatic heterocycles. The summed E-state index contributed by atoms with van der Waals surface area (Å²) in [5, 5.41) is 6.03. The Morgan fingerprint density at radius 2 is 1.86 bits per heavy atom. The maximum atomic E-state index is 14.0. The summed E-state index contributed by atoms with van der Waals surface area (Å²) in [6, 6.07) is 10.8. The number of nitrogens with two attached hydrogens (primary N) is 1. The Kier molecular flexibility index (Phi) is 3.37. The van der Waals surface area contributed by atoms with E-state index in [0.717, 1.165) is 35.0 Å². The molecule has 3 aromatic rings. The normalized spacial score (nSPS) is 11.2. The summed E-state index contributed by atoms with van der Waals surface area (Å²) in [6.45, 7) is 2.11. The highest BCUT2D eigenvalue weighted by Gasteiger charge is 2.17. The van der Waals surface area contributed by atoms with Crippen LogP contribution in [0.5, 0.6) is 0 Å². The average molecular weight is 283 g/mol. The van der Waals surface area contributed by atoms with Crippen LogP contribution in [0, 0.1) is 5.82 Å². The number of halogens is 1. The van der Waals surface area contributed by atoms with E-state index in [9.17, 15) is 4.39 Å². The van der Waals surface area contributed by atoms with Crippen LogP contribution in [0.1, 0.15) is 18.9 Å². The zero-order valence-electron chi connectivity index (χ0n) is 12.2. The van der Waals surface area contributed by atoms with Crippen molar-refractivity contribution in [2.24, 2.45) is 7.05 Å². The molecule has 0 unspecified atom stereocenters. The van der Waals surface area contributed by atoms with Gasteiger partial charge < -0.3 is 5.73 Å². The number of benzene rings is 2. The van der Waals surface area contributed by atoms with Crippen molar-refractivity contribution < 1.29 is 4.39 Å². The summed E-state index contributed by atoms with van der Waals surface area (Å²) in [6.07, 6.45) is 1.85. The van der Waals surface area contributed by atoms with Crippen LogP contribution >= 0.6 is 0 Å². The van der Waals surface area contributed by atoms with Crippen molar-refractivity contribution in [2.75, 3.05) is 5.73 Å². The van der Waals surface area contributed by atoms with Gasteiger partial charge >= 0.3 is 0 Å². The molecule has 3 rings (SSSR count). The molecule has 0 radical (unpaired) electrons. The highest BCUT2D eigenvalue weighted by Crippen LogP contribution is 2.34. The molecule has 1 aromatic heterocycles. The Labute approximate surface area is 123 Å². The van der Waals surface area contributed by atoms with Crippen LogP contribution in [0.15, 0.2) is 36.4 Å². The Morgan fingerprint density at radius 3 is 2.57 bits per heavy atom. The smallest absolute Gasteiger partial charge is 0.131 e. The number of hydrogen-bond acceptors (Lipinski definition) is 2. The van der Waals surface area contributed by atoms with E-state index in [0.29, 0.717) is 11.2 Å². The minimum atomic E-state index is -0.213. The van der Waals surface area contributed by atoms with Crippen LogP contribution in [-0.4, -0.2) is 9.78 Å². The molecule has 0 saturated heterocycles. The molecule has 0 spiro atoms. The molecule has 1 heterocycles. The van der Waals surface area contributed by atoms with Gasteiger partial charge in [0.25, 0.3) is 0 Å². The second kappa shape index (κ2) is 5.20. The van der Waals surface area contributed by atoms with E-state index < -0.39 is 0 Å². The number of nitrogen functional groups attached to an aromatic ring is 1. The molecule has 2 aromatic carbocycles. The third-order valence-electron chi connectivity index (χ3n) is 3.82. The topological polar surface area (TPSA) is 43.8 Å². The Balaban J connectivity index is 2.31. The lowest BCUT2D eigenvalue weighted by Crippen LogP contribution is -1.99. The molecule has 3 nitrogen and oxygen atoms in total. The Hall–Kier alpha value is -2.36. The van der Waals surface area contributed by atoms with Crippen molar-refractivity contribution in [1.82, 2.24) is 9.78 Å². The first kappa shape index (κ1) is 13.6. The monoisotopic (exact) mass is 283 g/mol. The maximum absolute atomic E-state index is 14.0. The molecule has 0 atom stereocenters. The molecule has 0 bridgehead atoms. The highest BCUT2D eigenvalue weighted by molar-refractivity contribution is 5.97. The molecular weight excluding hydrogens is 265 g/mol. The van der Waals surface area contributed by atoms with Gasteiger partial charge in [0.2, 0.25) is 0 Å². The first-order valence-electron chi connectivity index (χ1n) is 7.12. The molecule has 2 N–H and O–H groups in total. The zero-order valence-corrected chi connectivity index (χ0v) is 12.2. The molecule has 4 heteroatoms. The standard InChI is InChI=1S/C17H18FN3/c1-3-6-14-16(20-21(2)17(14)19)13-9-10-15(18)12-8-5-4-7-11(12)13/h4-5,7-10H,3,6,19H2,1-2H3. The molecule has 0 aliphatic rings. The van der Waals surface area contributed by atoms with E-state index in [-0.39, 0.29) is 5.82 Å². The van der Waals surface area contributed by atoms with Crippen LogP contribution in [0.25, 0.3) is 22.0 Å². The minimum Gasteiger partial charge on any atom is -0.384 e. The van der Waals surface area contributed by atoms with Crippen LogP contribution in [0.3, 0.4) is 0 Å². The second-order valence-corrected chi connectivity index (χ2v) is 5.23. The van der Waals surface area contributed by atoms with Crippen LogP contribution < -0.4 is 5.73 Å². The SMILES string of the molecule is CCCc1c(-c2ccc(F)c3ccccc23)nn(C)c1N. The van der Waals surface area contributed by atoms with Crippen LogP contribution in [-0.2, 0) is 13.5 Å². The number of hydrogen-bond donors (Lipinski definition) is 1. The fourth-order valence-electron chi connectivity index (χ4n) is 2.76. The van der Waals surface area contributed by atoms with Crippen LogP contribution in [0.2, 0.25) is 0 Å². The summed E-state index contributed by atoms with van der Waals surface area (Å²) in [5.74, 6) is 0.468. The van der Waals surface area contributed by atoms with E-state index in [4.69, 9.17) is 5.73 Å². The number of aromatic nitrogens is 2. The van der Waals surface area contributed by atoms with Gasteiger partial charge in [0.15, 0.2) is 0 Å². The van der Waals surface area contributed by atoms with E-state index in [2.05, 4.69) is 12.0 Å². The fraction of sp³-hybridized carbons (Fsp3) is 0.235. The van der Waals surface area contributed by atoms with Gasteiger partial charge in [-0.15, -0.1) is 0 Å². The predicted molar refractivity (Wildman–Crippen MR) is 84.5 cm³/mol. The van der Waals surface area contributed by atoms with Crippen molar-refractivity contribution in [3.63, 3.8) is 0 Å².